The molecule has 2 fully saturated rings. The molecule has 2 atom stereocenters. The number of aromatic nitrogens is 5. The normalized spacial score (nSPS) is 17.7. The molecule has 3 aromatic heterocycles. The maximum absolute atomic E-state index is 14.6. The highest BCUT2D eigenvalue weighted by atomic mass is 35.5. The molecule has 6 aromatic rings. The van der Waals surface area contributed by atoms with Gasteiger partial charge in [0.25, 0.3) is 0 Å². The molecule has 8 rings (SSSR count). The van der Waals surface area contributed by atoms with Crippen molar-refractivity contribution in [3.8, 4) is 45.0 Å². The van der Waals surface area contributed by atoms with E-state index in [1.165, 1.54) is 23.8 Å². The number of nitrogens with one attached hydrogen (secondary N) is 4. The molecule has 0 unspecified atom stereocenters. The number of ether oxygens (including phenoxy) is 2. The first-order valence-corrected chi connectivity index (χ1v) is 16.4. The van der Waals surface area contributed by atoms with Gasteiger partial charge >= 0.3 is 0 Å². The Kier molecular flexibility index (Phi) is 10.2. The Hall–Kier alpha value is -4.78. The van der Waals surface area contributed by atoms with Crippen molar-refractivity contribution >= 4 is 11.6 Å². The highest BCUT2D eigenvalue weighted by Gasteiger charge is 2.19. The van der Waals surface area contributed by atoms with Gasteiger partial charge in [0.15, 0.2) is 0 Å². The van der Waals surface area contributed by atoms with Gasteiger partial charge in [0.1, 0.15) is 16.8 Å². The van der Waals surface area contributed by atoms with Gasteiger partial charge in [-0.25, -0.2) is 13.8 Å². The molecule has 0 aliphatic carbocycles. The molecule has 0 bridgehead atoms. The second-order valence-corrected chi connectivity index (χ2v) is 12.1. The van der Waals surface area contributed by atoms with Gasteiger partial charge in [-0.1, -0.05) is 41.9 Å². The fraction of sp³-hybridized carbons (Fsp3) is 0.216. The summed E-state index contributed by atoms with van der Waals surface area (Å²) < 4.78 is 39.0. The number of nitrogens with zero attached hydrogens (tertiary/aromatic N) is 3. The fourth-order valence-electron chi connectivity index (χ4n) is 5.79. The van der Waals surface area contributed by atoms with Crippen molar-refractivity contribution in [3.63, 3.8) is 0 Å². The zero-order valence-corrected chi connectivity index (χ0v) is 27.2. The molecule has 3 aromatic carbocycles. The summed E-state index contributed by atoms with van der Waals surface area (Å²) in [6, 6.07) is 27.0. The van der Waals surface area contributed by atoms with Crippen molar-refractivity contribution in [1.82, 2.24) is 36.0 Å². The monoisotopic (exact) mass is 681 g/mol. The molecule has 0 radical (unpaired) electrons. The smallest absolute Gasteiger partial charge is 0.132 e. The van der Waals surface area contributed by atoms with E-state index in [0.29, 0.717) is 35.3 Å². The number of rotatable bonds is 6. The molecule has 2 aliphatic heterocycles. The van der Waals surface area contributed by atoms with Crippen molar-refractivity contribution in [3.05, 3.63) is 125 Å². The molecule has 2 aliphatic rings. The van der Waals surface area contributed by atoms with E-state index in [1.807, 2.05) is 18.2 Å². The lowest BCUT2D eigenvalue weighted by molar-refractivity contribution is 0.0275. The summed E-state index contributed by atoms with van der Waals surface area (Å²) >= 11 is 5.94. The third-order valence-electron chi connectivity index (χ3n) is 8.42. The number of hydrogen-bond donors (Lipinski definition) is 4. The van der Waals surface area contributed by atoms with Crippen LogP contribution in [0.3, 0.4) is 0 Å². The number of aromatic amines is 2. The highest BCUT2D eigenvalue weighted by molar-refractivity contribution is 6.29. The predicted octanol–water partition coefficient (Wildman–Crippen LogP) is 7.14. The average molecular weight is 682 g/mol. The van der Waals surface area contributed by atoms with Gasteiger partial charge < -0.3 is 20.1 Å². The summed E-state index contributed by atoms with van der Waals surface area (Å²) in [6.07, 6.45) is 1.68. The number of hydrogen-bond acceptors (Lipinski definition) is 7. The predicted molar refractivity (Wildman–Crippen MR) is 185 cm³/mol. The van der Waals surface area contributed by atoms with Gasteiger partial charge in [-0.15, -0.1) is 0 Å². The Bertz CT molecular complexity index is 1990. The molecule has 0 saturated carbocycles. The molecule has 250 valence electrons. The first-order chi connectivity index (χ1) is 24.0. The van der Waals surface area contributed by atoms with Crippen molar-refractivity contribution in [2.45, 2.75) is 12.2 Å². The minimum absolute atomic E-state index is 0.129. The van der Waals surface area contributed by atoms with E-state index in [1.54, 1.807) is 36.5 Å². The summed E-state index contributed by atoms with van der Waals surface area (Å²) in [5, 5.41) is 21.5. The van der Waals surface area contributed by atoms with E-state index in [0.717, 1.165) is 59.9 Å². The number of morpholine rings is 2. The van der Waals surface area contributed by atoms with Crippen LogP contribution < -0.4 is 10.6 Å². The zero-order valence-electron chi connectivity index (χ0n) is 26.4. The number of benzene rings is 3. The molecular formula is C37H34ClF2N7O2. The number of halogens is 3. The van der Waals surface area contributed by atoms with Gasteiger partial charge in [0.2, 0.25) is 0 Å². The van der Waals surface area contributed by atoms with E-state index in [-0.39, 0.29) is 23.8 Å². The van der Waals surface area contributed by atoms with Gasteiger partial charge in [0, 0.05) is 49.1 Å². The Labute approximate surface area is 287 Å². The van der Waals surface area contributed by atoms with Crippen LogP contribution in [0.2, 0.25) is 5.15 Å². The van der Waals surface area contributed by atoms with Gasteiger partial charge in [0.05, 0.1) is 48.2 Å². The van der Waals surface area contributed by atoms with Crippen molar-refractivity contribution in [1.29, 1.82) is 0 Å². The topological polar surface area (TPSA) is 113 Å². The lowest BCUT2D eigenvalue weighted by atomic mass is 10.0. The van der Waals surface area contributed by atoms with E-state index in [2.05, 4.69) is 60.3 Å². The van der Waals surface area contributed by atoms with E-state index >= 15 is 0 Å². The second kappa shape index (κ2) is 15.2. The van der Waals surface area contributed by atoms with E-state index in [4.69, 9.17) is 21.1 Å². The van der Waals surface area contributed by atoms with Crippen LogP contribution in [-0.2, 0) is 9.47 Å². The lowest BCUT2D eigenvalue weighted by Crippen LogP contribution is -2.33. The van der Waals surface area contributed by atoms with Gasteiger partial charge in [-0.05, 0) is 77.4 Å². The highest BCUT2D eigenvalue weighted by Crippen LogP contribution is 2.30. The van der Waals surface area contributed by atoms with Gasteiger partial charge in [-0.2, -0.15) is 10.2 Å². The van der Waals surface area contributed by atoms with Crippen molar-refractivity contribution in [2.24, 2.45) is 0 Å². The minimum Gasteiger partial charge on any atom is -0.371 e. The molecule has 0 spiro atoms. The Morgan fingerprint density at radius 1 is 0.633 bits per heavy atom. The summed E-state index contributed by atoms with van der Waals surface area (Å²) in [7, 11) is 0. The Morgan fingerprint density at radius 3 is 1.90 bits per heavy atom. The number of H-pyrrole nitrogens is 2. The van der Waals surface area contributed by atoms with Crippen LogP contribution in [-0.4, -0.2) is 64.8 Å². The third kappa shape index (κ3) is 7.93. The quantitative estimate of drug-likeness (QED) is 0.138. The van der Waals surface area contributed by atoms with Crippen molar-refractivity contribution < 1.29 is 18.3 Å². The summed E-state index contributed by atoms with van der Waals surface area (Å²) in [5.41, 5.74) is 8.25. The molecular weight excluding hydrogens is 648 g/mol. The summed E-state index contributed by atoms with van der Waals surface area (Å²) in [5.74, 6) is -0.637. The lowest BCUT2D eigenvalue weighted by Gasteiger charge is -2.24. The Morgan fingerprint density at radius 2 is 1.24 bits per heavy atom. The summed E-state index contributed by atoms with van der Waals surface area (Å²) in [6.45, 7) is 4.65. The molecule has 2 saturated heterocycles. The Balaban J connectivity index is 0.000000154. The van der Waals surface area contributed by atoms with Crippen LogP contribution in [0.25, 0.3) is 45.0 Å². The maximum atomic E-state index is 14.6. The molecule has 4 N–H and O–H groups in total. The van der Waals surface area contributed by atoms with Crippen LogP contribution in [0.15, 0.2) is 97.2 Å². The minimum atomic E-state index is -0.332. The number of pyridine rings is 1. The van der Waals surface area contributed by atoms with Gasteiger partial charge in [-0.3, -0.25) is 10.2 Å². The van der Waals surface area contributed by atoms with E-state index in [9.17, 15) is 8.78 Å². The molecule has 9 nitrogen and oxygen atoms in total. The van der Waals surface area contributed by atoms with E-state index < -0.39 is 0 Å². The largest absolute Gasteiger partial charge is 0.371 e. The molecule has 12 heteroatoms. The average Bonchev–Trinajstić information content (AvgIpc) is 3.85. The van der Waals surface area contributed by atoms with Crippen LogP contribution in [0.5, 0.6) is 0 Å². The first-order valence-electron chi connectivity index (χ1n) is 16.0. The molecule has 49 heavy (non-hydrogen) atoms. The molecule has 5 heterocycles. The zero-order chi connectivity index (χ0) is 33.6. The summed E-state index contributed by atoms with van der Waals surface area (Å²) in [4.78, 5) is 3.99. The second-order valence-electron chi connectivity index (χ2n) is 11.7. The van der Waals surface area contributed by atoms with Crippen LogP contribution in [0.1, 0.15) is 23.3 Å². The first kappa shape index (κ1) is 32.8. The standard InChI is InChI=1S/C19H17F2N3O.C18H17ClN4O/c20-14-4-1-12(2-5-14)17-10-18(24-23-17)15-6-3-13(9-16(15)21)19-11-22-7-8-25-19;19-18-9-14(5-6-21-18)16-10-15(22-23-16)12-1-3-13(4-2-12)17-11-20-7-8-24-17/h1-6,9-10,19,22H,7-8,11H2,(H,23,24);1-6,9-10,17,20H,7-8,11H2,(H,22,23)/t19-;17-/m01/s1. The van der Waals surface area contributed by atoms with Crippen LogP contribution >= 0.6 is 11.6 Å². The maximum Gasteiger partial charge on any atom is 0.132 e. The fourth-order valence-corrected chi connectivity index (χ4v) is 5.97. The molecule has 0 amide bonds. The van der Waals surface area contributed by atoms with Crippen LogP contribution in [0, 0.1) is 11.6 Å². The van der Waals surface area contributed by atoms with Crippen molar-refractivity contribution in [2.75, 3.05) is 39.4 Å². The van der Waals surface area contributed by atoms with Crippen LogP contribution in [0.4, 0.5) is 8.78 Å². The SMILES string of the molecule is Clc1cc(-c2cc(-c3ccc([C@H]4CNCCO4)cc3)[nH]n2)ccn1.Fc1ccc(-c2cc(-c3ccc([C@@H]4CNCCO4)cc3F)[nH]n2)cc1. The third-order valence-corrected chi connectivity index (χ3v) is 8.63.